The summed E-state index contributed by atoms with van der Waals surface area (Å²) in [7, 11) is 0. The topological polar surface area (TPSA) is 65.1 Å². The second-order valence-corrected chi connectivity index (χ2v) is 8.64. The van der Waals surface area contributed by atoms with E-state index < -0.39 is 0 Å². The molecule has 0 bridgehead atoms. The van der Waals surface area contributed by atoms with Crippen LogP contribution in [0.4, 0.5) is 5.69 Å². The first-order chi connectivity index (χ1) is 12.6. The molecule has 1 amide bonds. The molecule has 1 aromatic carbocycles. The fourth-order valence-electron chi connectivity index (χ4n) is 3.32. The number of hydrogen-bond acceptors (Lipinski definition) is 6. The van der Waals surface area contributed by atoms with E-state index in [0.717, 1.165) is 47.4 Å². The van der Waals surface area contributed by atoms with Gasteiger partial charge in [-0.3, -0.25) is 9.89 Å². The standard InChI is InChI=1S/C18H21N5OS2/c1-12-17(13(2)21-20-12)23-9-7-22(8-10-23)16(24)11-25-18-19-14-5-3-4-6-15(14)26-18/h3-6H,7-11H2,1-2H3,(H,20,21). The van der Waals surface area contributed by atoms with Gasteiger partial charge < -0.3 is 9.80 Å². The number of benzene rings is 1. The van der Waals surface area contributed by atoms with Gasteiger partial charge in [-0.1, -0.05) is 23.9 Å². The Morgan fingerprint density at radius 3 is 2.69 bits per heavy atom. The summed E-state index contributed by atoms with van der Waals surface area (Å²) in [6.45, 7) is 7.26. The third-order valence-corrected chi connectivity index (χ3v) is 6.80. The number of rotatable bonds is 4. The molecule has 136 valence electrons. The number of hydrogen-bond donors (Lipinski definition) is 1. The van der Waals surface area contributed by atoms with Gasteiger partial charge in [0, 0.05) is 26.2 Å². The molecule has 8 heteroatoms. The summed E-state index contributed by atoms with van der Waals surface area (Å²) in [5.74, 6) is 0.637. The summed E-state index contributed by atoms with van der Waals surface area (Å²) in [6.07, 6.45) is 0. The van der Waals surface area contributed by atoms with Gasteiger partial charge in [0.15, 0.2) is 4.34 Å². The quantitative estimate of drug-likeness (QED) is 0.697. The van der Waals surface area contributed by atoms with E-state index in [1.165, 1.54) is 22.1 Å². The van der Waals surface area contributed by atoms with E-state index in [1.54, 1.807) is 11.3 Å². The Kier molecular flexibility index (Phi) is 4.86. The highest BCUT2D eigenvalue weighted by Gasteiger charge is 2.24. The Bertz CT molecular complexity index is 874. The number of nitrogens with zero attached hydrogens (tertiary/aromatic N) is 4. The van der Waals surface area contributed by atoms with Crippen LogP contribution in [-0.2, 0) is 4.79 Å². The molecule has 0 aliphatic carbocycles. The van der Waals surface area contributed by atoms with E-state index in [1.807, 2.05) is 36.9 Å². The number of piperazine rings is 1. The zero-order chi connectivity index (χ0) is 18.1. The van der Waals surface area contributed by atoms with Crippen LogP contribution in [0.2, 0.25) is 0 Å². The Morgan fingerprint density at radius 1 is 1.23 bits per heavy atom. The molecule has 0 atom stereocenters. The molecule has 0 spiro atoms. The average molecular weight is 388 g/mol. The van der Waals surface area contributed by atoms with Crippen LogP contribution < -0.4 is 4.90 Å². The van der Waals surface area contributed by atoms with E-state index in [0.29, 0.717) is 5.75 Å². The number of thiazole rings is 1. The first-order valence-electron chi connectivity index (χ1n) is 8.64. The maximum Gasteiger partial charge on any atom is 0.233 e. The molecule has 1 saturated heterocycles. The number of aryl methyl sites for hydroxylation is 2. The predicted molar refractivity (Wildman–Crippen MR) is 107 cm³/mol. The number of anilines is 1. The Labute approximate surface area is 160 Å². The fourth-order valence-corrected chi connectivity index (χ4v) is 5.29. The Balaban J connectivity index is 1.32. The highest BCUT2D eigenvalue weighted by atomic mass is 32.2. The van der Waals surface area contributed by atoms with E-state index in [4.69, 9.17) is 0 Å². The van der Waals surface area contributed by atoms with Gasteiger partial charge in [0.25, 0.3) is 0 Å². The lowest BCUT2D eigenvalue weighted by molar-refractivity contribution is -0.128. The average Bonchev–Trinajstić information content (AvgIpc) is 3.22. The largest absolute Gasteiger partial charge is 0.365 e. The van der Waals surface area contributed by atoms with Gasteiger partial charge in [0.05, 0.1) is 33.0 Å². The lowest BCUT2D eigenvalue weighted by Gasteiger charge is -2.36. The second kappa shape index (κ2) is 7.28. The van der Waals surface area contributed by atoms with Crippen molar-refractivity contribution in [3.63, 3.8) is 0 Å². The number of H-pyrrole nitrogens is 1. The van der Waals surface area contributed by atoms with Crippen LogP contribution in [0.25, 0.3) is 10.2 Å². The summed E-state index contributed by atoms with van der Waals surface area (Å²) in [4.78, 5) is 21.4. The number of aromatic amines is 1. The monoisotopic (exact) mass is 387 g/mol. The van der Waals surface area contributed by atoms with Crippen molar-refractivity contribution in [3.05, 3.63) is 35.7 Å². The normalized spacial score (nSPS) is 15.0. The van der Waals surface area contributed by atoms with Gasteiger partial charge in [0.2, 0.25) is 5.91 Å². The van der Waals surface area contributed by atoms with Crippen LogP contribution in [0.3, 0.4) is 0 Å². The molecule has 3 aromatic rings. The Hall–Kier alpha value is -2.06. The number of carbonyl (C=O) groups is 1. The Morgan fingerprint density at radius 2 is 2.00 bits per heavy atom. The maximum absolute atomic E-state index is 12.6. The lowest BCUT2D eigenvalue weighted by atomic mass is 10.2. The van der Waals surface area contributed by atoms with Gasteiger partial charge >= 0.3 is 0 Å². The minimum atomic E-state index is 0.189. The molecule has 1 fully saturated rings. The molecule has 0 unspecified atom stereocenters. The van der Waals surface area contributed by atoms with Crippen molar-refractivity contribution in [2.24, 2.45) is 0 Å². The second-order valence-electron chi connectivity index (χ2n) is 6.39. The molecule has 4 rings (SSSR count). The van der Waals surface area contributed by atoms with Crippen LogP contribution in [0.1, 0.15) is 11.4 Å². The highest BCUT2D eigenvalue weighted by Crippen LogP contribution is 2.29. The first kappa shape index (κ1) is 17.4. The van der Waals surface area contributed by atoms with Crippen LogP contribution in [-0.4, -0.2) is 57.9 Å². The minimum Gasteiger partial charge on any atom is -0.365 e. The van der Waals surface area contributed by atoms with Crippen molar-refractivity contribution in [1.29, 1.82) is 0 Å². The smallest absolute Gasteiger partial charge is 0.233 e. The van der Waals surface area contributed by atoms with E-state index in [-0.39, 0.29) is 5.91 Å². The number of fused-ring (bicyclic) bond motifs is 1. The SMILES string of the molecule is Cc1n[nH]c(C)c1N1CCN(C(=O)CSc2nc3ccccc3s2)CC1. The molecule has 1 aliphatic rings. The summed E-state index contributed by atoms with van der Waals surface area (Å²) >= 11 is 3.19. The molecule has 0 saturated carbocycles. The first-order valence-corrected chi connectivity index (χ1v) is 10.4. The molecule has 1 aliphatic heterocycles. The van der Waals surface area contributed by atoms with Gasteiger partial charge in [-0.15, -0.1) is 11.3 Å². The summed E-state index contributed by atoms with van der Waals surface area (Å²) < 4.78 is 2.13. The van der Waals surface area contributed by atoms with Crippen LogP contribution in [0.15, 0.2) is 28.6 Å². The van der Waals surface area contributed by atoms with E-state index >= 15 is 0 Å². The van der Waals surface area contributed by atoms with E-state index in [9.17, 15) is 4.79 Å². The van der Waals surface area contributed by atoms with Gasteiger partial charge in [0.1, 0.15) is 0 Å². The number of amides is 1. The lowest BCUT2D eigenvalue weighted by Crippen LogP contribution is -2.49. The fraction of sp³-hybridized carbons (Fsp3) is 0.389. The molecule has 6 nitrogen and oxygen atoms in total. The molecule has 26 heavy (non-hydrogen) atoms. The number of thioether (sulfide) groups is 1. The molecular formula is C18H21N5OS2. The molecule has 2 aromatic heterocycles. The highest BCUT2D eigenvalue weighted by molar-refractivity contribution is 8.01. The van der Waals surface area contributed by atoms with Gasteiger partial charge in [-0.05, 0) is 26.0 Å². The molecule has 1 N–H and O–H groups in total. The van der Waals surface area contributed by atoms with Crippen molar-refractivity contribution in [2.45, 2.75) is 18.2 Å². The van der Waals surface area contributed by atoms with E-state index in [2.05, 4.69) is 26.1 Å². The number of nitrogens with one attached hydrogen (secondary N) is 1. The summed E-state index contributed by atoms with van der Waals surface area (Å²) in [5, 5.41) is 7.31. The number of para-hydroxylation sites is 1. The van der Waals surface area contributed by atoms with Crippen LogP contribution >= 0.6 is 23.1 Å². The van der Waals surface area contributed by atoms with Crippen molar-refractivity contribution >= 4 is 44.9 Å². The summed E-state index contributed by atoms with van der Waals surface area (Å²) in [5.41, 5.74) is 4.30. The van der Waals surface area contributed by atoms with Gasteiger partial charge in [-0.2, -0.15) is 5.10 Å². The number of carbonyl (C=O) groups excluding carboxylic acids is 1. The summed E-state index contributed by atoms with van der Waals surface area (Å²) in [6, 6.07) is 8.09. The molecule has 3 heterocycles. The van der Waals surface area contributed by atoms with Crippen molar-refractivity contribution in [3.8, 4) is 0 Å². The maximum atomic E-state index is 12.6. The number of aromatic nitrogens is 3. The predicted octanol–water partition coefficient (Wildman–Crippen LogP) is 3.08. The van der Waals surface area contributed by atoms with Crippen LogP contribution in [0, 0.1) is 13.8 Å². The molecule has 0 radical (unpaired) electrons. The van der Waals surface area contributed by atoms with Crippen molar-refractivity contribution in [1.82, 2.24) is 20.1 Å². The zero-order valence-corrected chi connectivity index (χ0v) is 16.5. The van der Waals surface area contributed by atoms with Crippen LogP contribution in [0.5, 0.6) is 0 Å². The minimum absolute atomic E-state index is 0.189. The third-order valence-electron chi connectivity index (χ3n) is 4.63. The van der Waals surface area contributed by atoms with Crippen molar-refractivity contribution in [2.75, 3.05) is 36.8 Å². The van der Waals surface area contributed by atoms with Crippen molar-refractivity contribution < 1.29 is 4.79 Å². The third kappa shape index (κ3) is 3.43. The molecular weight excluding hydrogens is 366 g/mol. The zero-order valence-electron chi connectivity index (χ0n) is 14.9. The van der Waals surface area contributed by atoms with Gasteiger partial charge in [-0.25, -0.2) is 4.98 Å².